The molecule has 0 radical (unpaired) electrons. The van der Waals surface area contributed by atoms with Crippen molar-refractivity contribution in [3.63, 3.8) is 0 Å². The molecule has 0 bridgehead atoms. The molecule has 1 aromatic carbocycles. The summed E-state index contributed by atoms with van der Waals surface area (Å²) >= 11 is 5.95. The normalized spacial score (nSPS) is 20.4. The van der Waals surface area contributed by atoms with E-state index in [2.05, 4.69) is 24.4 Å². The summed E-state index contributed by atoms with van der Waals surface area (Å²) in [7, 11) is 0. The number of nitrogens with one attached hydrogen (secondary N) is 1. The zero-order valence-corrected chi connectivity index (χ0v) is 15.9. The molecule has 134 valence electrons. The molecule has 1 aromatic rings. The van der Waals surface area contributed by atoms with Crippen LogP contribution in [0.2, 0.25) is 5.02 Å². The topological polar surface area (TPSA) is 41.6 Å². The second-order valence-corrected chi connectivity index (χ2v) is 7.97. The fourth-order valence-electron chi connectivity index (χ4n) is 2.97. The summed E-state index contributed by atoms with van der Waals surface area (Å²) in [6.45, 7) is 9.38. The maximum Gasteiger partial charge on any atom is 0.410 e. The number of halogens is 1. The van der Waals surface area contributed by atoms with Crippen LogP contribution in [0.25, 0.3) is 0 Å². The van der Waals surface area contributed by atoms with Crippen LogP contribution in [0.1, 0.15) is 58.6 Å². The van der Waals surface area contributed by atoms with Gasteiger partial charge in [0.15, 0.2) is 0 Å². The molecule has 1 N–H and O–H groups in total. The van der Waals surface area contributed by atoms with Crippen molar-refractivity contribution in [2.45, 2.75) is 64.6 Å². The smallest absolute Gasteiger partial charge is 0.410 e. The average molecular weight is 353 g/mol. The summed E-state index contributed by atoms with van der Waals surface area (Å²) in [5.41, 5.74) is 0.789. The van der Waals surface area contributed by atoms with E-state index in [0.29, 0.717) is 6.04 Å². The van der Waals surface area contributed by atoms with E-state index in [1.54, 1.807) is 0 Å². The SMILES string of the molecule is CC(NC1CCCN(C(=O)OC(C)(C)C)CC1)c1ccc(Cl)cc1. The molecular weight excluding hydrogens is 324 g/mol. The molecule has 2 atom stereocenters. The van der Waals surface area contributed by atoms with E-state index in [0.717, 1.165) is 37.4 Å². The highest BCUT2D eigenvalue weighted by molar-refractivity contribution is 6.30. The predicted molar refractivity (Wildman–Crippen MR) is 98.4 cm³/mol. The fraction of sp³-hybridized carbons (Fsp3) is 0.632. The molecule has 1 heterocycles. The van der Waals surface area contributed by atoms with E-state index in [9.17, 15) is 4.79 Å². The molecule has 1 saturated heterocycles. The Morgan fingerprint density at radius 2 is 1.92 bits per heavy atom. The largest absolute Gasteiger partial charge is 0.444 e. The Hall–Kier alpha value is -1.26. The minimum absolute atomic E-state index is 0.200. The molecule has 0 aromatic heterocycles. The molecule has 1 amide bonds. The maximum absolute atomic E-state index is 12.2. The van der Waals surface area contributed by atoms with Crippen LogP contribution in [0.4, 0.5) is 4.79 Å². The molecule has 5 heteroatoms. The van der Waals surface area contributed by atoms with Crippen molar-refractivity contribution in [3.8, 4) is 0 Å². The van der Waals surface area contributed by atoms with Gasteiger partial charge < -0.3 is 15.0 Å². The van der Waals surface area contributed by atoms with Gasteiger partial charge in [0, 0.05) is 30.2 Å². The second-order valence-electron chi connectivity index (χ2n) is 7.54. The Morgan fingerprint density at radius 3 is 2.54 bits per heavy atom. The fourth-order valence-corrected chi connectivity index (χ4v) is 3.10. The number of hydrogen-bond donors (Lipinski definition) is 1. The molecule has 1 aliphatic rings. The third kappa shape index (κ3) is 5.99. The summed E-state index contributed by atoms with van der Waals surface area (Å²) in [5.74, 6) is 0. The van der Waals surface area contributed by atoms with Gasteiger partial charge in [-0.25, -0.2) is 4.79 Å². The van der Waals surface area contributed by atoms with Crippen molar-refractivity contribution in [1.82, 2.24) is 10.2 Å². The Labute approximate surface area is 150 Å². The lowest BCUT2D eigenvalue weighted by atomic mass is 10.0. The summed E-state index contributed by atoms with van der Waals surface area (Å²) in [4.78, 5) is 14.1. The lowest BCUT2D eigenvalue weighted by Gasteiger charge is -2.26. The van der Waals surface area contributed by atoms with Gasteiger partial charge in [-0.3, -0.25) is 0 Å². The highest BCUT2D eigenvalue weighted by atomic mass is 35.5. The first kappa shape index (κ1) is 19.1. The lowest BCUT2D eigenvalue weighted by molar-refractivity contribution is 0.0256. The van der Waals surface area contributed by atoms with Gasteiger partial charge in [0.2, 0.25) is 0 Å². The van der Waals surface area contributed by atoms with Crippen LogP contribution in [0.5, 0.6) is 0 Å². The van der Waals surface area contributed by atoms with E-state index in [1.807, 2.05) is 37.8 Å². The van der Waals surface area contributed by atoms with E-state index in [4.69, 9.17) is 16.3 Å². The first-order valence-electron chi connectivity index (χ1n) is 8.74. The van der Waals surface area contributed by atoms with Crippen LogP contribution in [0.15, 0.2) is 24.3 Å². The molecule has 24 heavy (non-hydrogen) atoms. The zero-order chi connectivity index (χ0) is 17.7. The molecule has 2 unspecified atom stereocenters. The van der Waals surface area contributed by atoms with Gasteiger partial charge in [-0.05, 0) is 64.7 Å². The van der Waals surface area contributed by atoms with Crippen LogP contribution in [0, 0.1) is 0 Å². The minimum Gasteiger partial charge on any atom is -0.444 e. The van der Waals surface area contributed by atoms with Gasteiger partial charge in [0.05, 0.1) is 0 Å². The number of nitrogens with zero attached hydrogens (tertiary/aromatic N) is 1. The summed E-state index contributed by atoms with van der Waals surface area (Å²) in [6.07, 6.45) is 2.80. The average Bonchev–Trinajstić information content (AvgIpc) is 2.72. The molecule has 1 fully saturated rings. The van der Waals surface area contributed by atoms with Gasteiger partial charge in [0.25, 0.3) is 0 Å². The third-order valence-electron chi connectivity index (χ3n) is 4.24. The molecule has 0 spiro atoms. The number of ether oxygens (including phenoxy) is 1. The van der Waals surface area contributed by atoms with E-state index >= 15 is 0 Å². The Kier molecular flexibility index (Phi) is 6.53. The first-order valence-corrected chi connectivity index (χ1v) is 9.12. The number of benzene rings is 1. The monoisotopic (exact) mass is 352 g/mol. The molecule has 2 rings (SSSR count). The van der Waals surface area contributed by atoms with Crippen LogP contribution >= 0.6 is 11.6 Å². The Morgan fingerprint density at radius 1 is 1.25 bits per heavy atom. The standard InChI is InChI=1S/C19H29ClN2O2/c1-14(15-7-9-16(20)10-8-15)21-17-6-5-12-22(13-11-17)18(23)24-19(2,3)4/h7-10,14,17,21H,5-6,11-13H2,1-4H3. The number of hydrogen-bond acceptors (Lipinski definition) is 3. The lowest BCUT2D eigenvalue weighted by Crippen LogP contribution is -2.38. The highest BCUT2D eigenvalue weighted by Gasteiger charge is 2.25. The van der Waals surface area contributed by atoms with Crippen LogP contribution in [0.3, 0.4) is 0 Å². The summed E-state index contributed by atoms with van der Waals surface area (Å²) in [5, 5.41) is 4.44. The number of carbonyl (C=O) groups excluding carboxylic acids is 1. The van der Waals surface area contributed by atoms with Crippen molar-refractivity contribution in [2.75, 3.05) is 13.1 Å². The van der Waals surface area contributed by atoms with E-state index < -0.39 is 5.60 Å². The number of amides is 1. The summed E-state index contributed by atoms with van der Waals surface area (Å²) in [6, 6.07) is 8.63. The first-order chi connectivity index (χ1) is 11.2. The Balaban J connectivity index is 1.86. The van der Waals surface area contributed by atoms with E-state index in [1.165, 1.54) is 5.56 Å². The van der Waals surface area contributed by atoms with Gasteiger partial charge in [-0.2, -0.15) is 0 Å². The van der Waals surface area contributed by atoms with Crippen LogP contribution < -0.4 is 5.32 Å². The highest BCUT2D eigenvalue weighted by Crippen LogP contribution is 2.20. The molecule has 0 saturated carbocycles. The van der Waals surface area contributed by atoms with Crippen LogP contribution in [-0.2, 0) is 4.74 Å². The van der Waals surface area contributed by atoms with Gasteiger partial charge >= 0.3 is 6.09 Å². The van der Waals surface area contributed by atoms with Crippen molar-refractivity contribution in [1.29, 1.82) is 0 Å². The Bertz CT molecular complexity index is 539. The number of rotatable bonds is 3. The second kappa shape index (κ2) is 8.21. The molecule has 4 nitrogen and oxygen atoms in total. The predicted octanol–water partition coefficient (Wildman–Crippen LogP) is 4.78. The summed E-state index contributed by atoms with van der Waals surface area (Å²) < 4.78 is 5.48. The molecule has 0 aliphatic carbocycles. The number of likely N-dealkylation sites (tertiary alicyclic amines) is 1. The van der Waals surface area contributed by atoms with Gasteiger partial charge in [-0.15, -0.1) is 0 Å². The zero-order valence-electron chi connectivity index (χ0n) is 15.1. The third-order valence-corrected chi connectivity index (χ3v) is 4.49. The van der Waals surface area contributed by atoms with Crippen molar-refractivity contribution >= 4 is 17.7 Å². The molecule has 1 aliphatic heterocycles. The van der Waals surface area contributed by atoms with E-state index in [-0.39, 0.29) is 12.1 Å². The van der Waals surface area contributed by atoms with Gasteiger partial charge in [0.1, 0.15) is 5.60 Å². The number of carbonyl (C=O) groups is 1. The maximum atomic E-state index is 12.2. The quantitative estimate of drug-likeness (QED) is 0.851. The van der Waals surface area contributed by atoms with Crippen molar-refractivity contribution in [3.05, 3.63) is 34.9 Å². The minimum atomic E-state index is -0.440. The van der Waals surface area contributed by atoms with Crippen molar-refractivity contribution in [2.24, 2.45) is 0 Å². The van der Waals surface area contributed by atoms with Gasteiger partial charge in [-0.1, -0.05) is 23.7 Å². The van der Waals surface area contributed by atoms with Crippen LogP contribution in [-0.4, -0.2) is 35.7 Å². The van der Waals surface area contributed by atoms with Crippen molar-refractivity contribution < 1.29 is 9.53 Å². The molecular formula is C19H29ClN2O2.